The summed E-state index contributed by atoms with van der Waals surface area (Å²) in [4.78, 5) is 30.8. The number of aliphatic hydroxyl groups is 2. The highest BCUT2D eigenvalue weighted by Gasteiger charge is 2.56. The van der Waals surface area contributed by atoms with Crippen molar-refractivity contribution < 1.29 is 38.1 Å². The zero-order chi connectivity index (χ0) is 28.1. The molecule has 206 valence electrons. The van der Waals surface area contributed by atoms with E-state index in [1.54, 1.807) is 32.0 Å². The predicted molar refractivity (Wildman–Crippen MR) is 131 cm³/mol. The molecule has 0 radical (unpaired) electrons. The molecule has 1 aliphatic rings. The van der Waals surface area contributed by atoms with Crippen LogP contribution in [0.4, 0.5) is 5.82 Å². The molecule has 1 fully saturated rings. The number of carbonyl (C=O) groups is 1. The van der Waals surface area contributed by atoms with Crippen LogP contribution >= 0.6 is 7.75 Å². The fourth-order valence-corrected chi connectivity index (χ4v) is 4.94. The summed E-state index contributed by atoms with van der Waals surface area (Å²) < 4.78 is 36.3. The van der Waals surface area contributed by atoms with Crippen LogP contribution in [0.15, 0.2) is 52.5 Å². The minimum atomic E-state index is -4.47. The summed E-state index contributed by atoms with van der Waals surface area (Å²) in [6.45, 7) is 3.69. The zero-order valence-electron chi connectivity index (χ0n) is 20.6. The van der Waals surface area contributed by atoms with Gasteiger partial charge in [-0.05, 0) is 44.5 Å². The molecular weight excluding hydrogens is 525 g/mol. The van der Waals surface area contributed by atoms with Crippen LogP contribution < -0.4 is 21.0 Å². The third-order valence-corrected chi connectivity index (χ3v) is 6.83. The molecule has 2 aromatic rings. The van der Waals surface area contributed by atoms with Crippen molar-refractivity contribution in [3.8, 4) is 5.75 Å². The van der Waals surface area contributed by atoms with E-state index in [0.717, 1.165) is 10.8 Å². The molecular formula is C21H28N7O9P. The first-order valence-electron chi connectivity index (χ1n) is 11.3. The molecule has 1 aromatic heterocycles. The van der Waals surface area contributed by atoms with Gasteiger partial charge in [-0.3, -0.25) is 13.9 Å². The smallest absolute Gasteiger partial charge is 0.459 e. The van der Waals surface area contributed by atoms with Gasteiger partial charge in [0, 0.05) is 11.1 Å². The van der Waals surface area contributed by atoms with E-state index in [0.29, 0.717) is 0 Å². The first kappa shape index (κ1) is 29.1. The predicted octanol–water partition coefficient (Wildman–Crippen LogP) is 1.22. The van der Waals surface area contributed by atoms with Crippen LogP contribution in [0.25, 0.3) is 10.4 Å². The highest BCUT2D eigenvalue weighted by atomic mass is 31.2. The number of rotatable bonds is 11. The van der Waals surface area contributed by atoms with Gasteiger partial charge in [0.1, 0.15) is 29.8 Å². The average molecular weight is 553 g/mol. The second kappa shape index (κ2) is 11.9. The average Bonchev–Trinajstić information content (AvgIpc) is 3.09. The second-order valence-corrected chi connectivity index (χ2v) is 10.2. The van der Waals surface area contributed by atoms with Crippen molar-refractivity contribution in [1.29, 1.82) is 0 Å². The number of hydrogen-bond donors (Lipinski definition) is 4. The standard InChI is InChI=1S/C21H28N7O9P/c1-12(2)35-19(31)13(3)25-38(33,37-14-7-5-4-6-8-14)34-11-21(26-27-23)17(30)16(29)18(36-21)28-10-9-15(22)24-20(28)32/h4-10,12-13,16-18,29-30H,11H2,1-3H3,(H,25,33)(H2,22,24,32)/t13-,16+,17-,18+,21+,38?/m0/s1. The molecule has 1 saturated heterocycles. The molecule has 5 N–H and O–H groups in total. The van der Waals surface area contributed by atoms with Crippen LogP contribution in [0.1, 0.15) is 27.0 Å². The maximum atomic E-state index is 13.7. The lowest BCUT2D eigenvalue weighted by molar-refractivity contribution is -0.149. The van der Waals surface area contributed by atoms with Crippen molar-refractivity contribution in [3.05, 3.63) is 63.5 Å². The molecule has 3 rings (SSSR count). The number of benzene rings is 1. The van der Waals surface area contributed by atoms with Gasteiger partial charge in [-0.25, -0.2) is 9.36 Å². The Morgan fingerprint density at radius 2 is 2.03 bits per heavy atom. The third kappa shape index (κ3) is 6.68. The first-order chi connectivity index (χ1) is 17.9. The summed E-state index contributed by atoms with van der Waals surface area (Å²) in [5.41, 5.74) is 11.4. The Bertz CT molecular complexity index is 1290. The molecule has 2 heterocycles. The van der Waals surface area contributed by atoms with Gasteiger partial charge < -0.3 is 29.9 Å². The highest BCUT2D eigenvalue weighted by Crippen LogP contribution is 2.48. The van der Waals surface area contributed by atoms with Crippen molar-refractivity contribution in [3.63, 3.8) is 0 Å². The van der Waals surface area contributed by atoms with E-state index in [1.807, 2.05) is 0 Å². The molecule has 1 unspecified atom stereocenters. The molecule has 1 aliphatic heterocycles. The Kier molecular flexibility index (Phi) is 9.12. The van der Waals surface area contributed by atoms with Crippen LogP contribution in [0.5, 0.6) is 5.75 Å². The summed E-state index contributed by atoms with van der Waals surface area (Å²) in [5, 5.41) is 27.3. The fraction of sp³-hybridized carbons (Fsp3) is 0.476. The van der Waals surface area contributed by atoms with E-state index in [2.05, 4.69) is 20.1 Å². The molecule has 0 saturated carbocycles. The molecule has 16 nitrogen and oxygen atoms in total. The van der Waals surface area contributed by atoms with E-state index in [4.69, 9.17) is 29.8 Å². The second-order valence-electron chi connectivity index (χ2n) is 8.53. The van der Waals surface area contributed by atoms with Crippen LogP contribution in [0.3, 0.4) is 0 Å². The number of ether oxygens (including phenoxy) is 2. The van der Waals surface area contributed by atoms with Crippen LogP contribution in [0, 0.1) is 0 Å². The molecule has 0 bridgehead atoms. The molecule has 38 heavy (non-hydrogen) atoms. The van der Waals surface area contributed by atoms with E-state index >= 15 is 0 Å². The Morgan fingerprint density at radius 3 is 2.63 bits per heavy atom. The van der Waals surface area contributed by atoms with Gasteiger partial charge in [0.05, 0.1) is 12.7 Å². The first-order valence-corrected chi connectivity index (χ1v) is 12.9. The molecule has 1 aromatic carbocycles. The third-order valence-electron chi connectivity index (χ3n) is 5.21. The van der Waals surface area contributed by atoms with Crippen molar-refractivity contribution in [2.75, 3.05) is 12.3 Å². The lowest BCUT2D eigenvalue weighted by atomic mass is 10.1. The maximum Gasteiger partial charge on any atom is 0.459 e. The van der Waals surface area contributed by atoms with E-state index in [-0.39, 0.29) is 11.6 Å². The van der Waals surface area contributed by atoms with Gasteiger partial charge >= 0.3 is 19.4 Å². The summed E-state index contributed by atoms with van der Waals surface area (Å²) in [5.74, 6) is -0.761. The summed E-state index contributed by atoms with van der Waals surface area (Å²) in [6, 6.07) is 7.88. The lowest BCUT2D eigenvalue weighted by Gasteiger charge is -2.29. The number of esters is 1. The number of aliphatic hydroxyl groups excluding tert-OH is 2. The molecule has 0 spiro atoms. The lowest BCUT2D eigenvalue weighted by Crippen LogP contribution is -2.45. The number of hydrogen-bond acceptors (Lipinski definition) is 12. The Morgan fingerprint density at radius 1 is 1.34 bits per heavy atom. The number of nitrogens with zero attached hydrogens (tertiary/aromatic N) is 5. The van der Waals surface area contributed by atoms with Crippen molar-refractivity contribution in [2.45, 2.75) is 57.1 Å². The topological polar surface area (TPSA) is 233 Å². The minimum absolute atomic E-state index is 0.0934. The van der Waals surface area contributed by atoms with Gasteiger partial charge in [-0.15, -0.1) is 0 Å². The zero-order valence-corrected chi connectivity index (χ0v) is 21.5. The molecule has 0 amide bonds. The van der Waals surface area contributed by atoms with Crippen molar-refractivity contribution >= 4 is 19.5 Å². The number of nitrogens with two attached hydrogens (primary N) is 1. The van der Waals surface area contributed by atoms with E-state index in [9.17, 15) is 24.4 Å². The van der Waals surface area contributed by atoms with Crippen LogP contribution in [-0.4, -0.2) is 62.4 Å². The van der Waals surface area contributed by atoms with Gasteiger partial charge in [0.2, 0.25) is 5.72 Å². The van der Waals surface area contributed by atoms with Gasteiger partial charge in [0.15, 0.2) is 6.23 Å². The van der Waals surface area contributed by atoms with Crippen molar-refractivity contribution in [2.24, 2.45) is 5.11 Å². The Labute approximate surface area is 216 Å². The SMILES string of the molecule is CC(C)OC(=O)[C@H](C)NP(=O)(OC[C@@]1(N=[N+]=[N-])O[C@@H](n2ccc(N)nc2=O)[C@H](O)[C@@H]1O)Oc1ccccc1. The monoisotopic (exact) mass is 553 g/mol. The number of azide groups is 1. The molecule has 17 heteroatoms. The number of anilines is 1. The Balaban J connectivity index is 1.90. The largest absolute Gasteiger partial charge is 0.462 e. The number of carbonyl (C=O) groups excluding carboxylic acids is 1. The quantitative estimate of drug-likeness (QED) is 0.101. The number of nitrogen functional groups attached to an aromatic ring is 1. The number of aromatic nitrogens is 2. The summed E-state index contributed by atoms with van der Waals surface area (Å²) in [7, 11) is -4.47. The van der Waals surface area contributed by atoms with E-state index < -0.39 is 62.3 Å². The number of nitrogens with one attached hydrogen (secondary N) is 1. The molecule has 0 aliphatic carbocycles. The minimum Gasteiger partial charge on any atom is -0.462 e. The van der Waals surface area contributed by atoms with Crippen LogP contribution in [0.2, 0.25) is 0 Å². The Hall–Kier alpha value is -3.49. The number of para-hydroxylation sites is 1. The van der Waals surface area contributed by atoms with Crippen molar-refractivity contribution in [1.82, 2.24) is 14.6 Å². The van der Waals surface area contributed by atoms with Gasteiger partial charge in [-0.1, -0.05) is 23.3 Å². The fourth-order valence-electron chi connectivity index (χ4n) is 3.43. The normalized spacial score (nSPS) is 25.3. The maximum absolute atomic E-state index is 13.7. The summed E-state index contributed by atoms with van der Waals surface area (Å²) in [6.07, 6.45) is -4.65. The van der Waals surface area contributed by atoms with Gasteiger partial charge in [0.25, 0.3) is 0 Å². The van der Waals surface area contributed by atoms with Crippen LogP contribution in [-0.2, 0) is 23.4 Å². The summed E-state index contributed by atoms with van der Waals surface area (Å²) >= 11 is 0. The van der Waals surface area contributed by atoms with E-state index in [1.165, 1.54) is 25.1 Å². The van der Waals surface area contributed by atoms with Gasteiger partial charge in [-0.2, -0.15) is 10.1 Å². The molecule has 6 atom stereocenters. The highest BCUT2D eigenvalue weighted by molar-refractivity contribution is 7.52.